The third-order valence-corrected chi connectivity index (χ3v) is 2.61. The fraction of sp³-hybridized carbons (Fsp3) is 0.667. The molecule has 2 rings (SSSR count). The number of aromatic nitrogens is 2. The molecule has 0 radical (unpaired) electrons. The van der Waals surface area contributed by atoms with Crippen molar-refractivity contribution in [1.82, 2.24) is 15.3 Å². The van der Waals surface area contributed by atoms with Crippen LogP contribution in [0.5, 0.6) is 0 Å². The molecular weight excluding hydrogens is 164 g/mol. The molecule has 4 heteroatoms. The number of aromatic amines is 1. The molecular formula is C9H16N4. The molecule has 0 saturated heterocycles. The van der Waals surface area contributed by atoms with Crippen molar-refractivity contribution in [1.29, 1.82) is 0 Å². The van der Waals surface area contributed by atoms with Crippen molar-refractivity contribution in [2.75, 3.05) is 0 Å². The minimum atomic E-state index is 0.402. The van der Waals surface area contributed by atoms with E-state index in [-0.39, 0.29) is 0 Å². The van der Waals surface area contributed by atoms with Gasteiger partial charge >= 0.3 is 0 Å². The summed E-state index contributed by atoms with van der Waals surface area (Å²) in [4.78, 5) is 7.03. The number of rotatable bonds is 3. The van der Waals surface area contributed by atoms with Crippen LogP contribution in [0.4, 0.5) is 0 Å². The van der Waals surface area contributed by atoms with Gasteiger partial charge in [0.1, 0.15) is 0 Å². The molecule has 0 spiro atoms. The Morgan fingerprint density at radius 1 is 1.62 bits per heavy atom. The molecule has 1 saturated carbocycles. The molecule has 2 atom stereocenters. The molecule has 1 heterocycles. The van der Waals surface area contributed by atoms with E-state index in [2.05, 4.69) is 15.3 Å². The Hall–Kier alpha value is -0.870. The summed E-state index contributed by atoms with van der Waals surface area (Å²) in [5.74, 6) is 0. The first-order valence-electron chi connectivity index (χ1n) is 4.81. The van der Waals surface area contributed by atoms with Crippen LogP contribution in [0.1, 0.15) is 25.0 Å². The van der Waals surface area contributed by atoms with E-state index in [1.54, 1.807) is 6.33 Å². The summed E-state index contributed by atoms with van der Waals surface area (Å²) >= 11 is 0. The highest BCUT2D eigenvalue weighted by Crippen LogP contribution is 2.17. The molecule has 1 aliphatic rings. The molecule has 0 aromatic carbocycles. The first-order valence-corrected chi connectivity index (χ1v) is 4.81. The Morgan fingerprint density at radius 3 is 3.15 bits per heavy atom. The summed E-state index contributed by atoms with van der Waals surface area (Å²) in [6, 6.07) is 0.998. The second-order valence-corrected chi connectivity index (χ2v) is 3.73. The van der Waals surface area contributed by atoms with Crippen molar-refractivity contribution in [3.63, 3.8) is 0 Å². The van der Waals surface area contributed by atoms with Crippen molar-refractivity contribution in [3.05, 3.63) is 18.2 Å². The first kappa shape index (κ1) is 8.72. The van der Waals surface area contributed by atoms with Gasteiger partial charge in [-0.15, -0.1) is 0 Å². The second kappa shape index (κ2) is 3.89. The average Bonchev–Trinajstić information content (AvgIpc) is 2.71. The third kappa shape index (κ3) is 2.29. The molecule has 1 aromatic heterocycles. The monoisotopic (exact) mass is 180 g/mol. The molecule has 4 N–H and O–H groups in total. The van der Waals surface area contributed by atoms with Crippen molar-refractivity contribution in [2.24, 2.45) is 5.73 Å². The molecule has 13 heavy (non-hydrogen) atoms. The zero-order valence-electron chi connectivity index (χ0n) is 7.66. The molecule has 1 aliphatic carbocycles. The molecule has 1 aromatic rings. The minimum Gasteiger partial charge on any atom is -0.347 e. The number of nitrogens with two attached hydrogens (primary N) is 1. The molecule has 72 valence electrons. The van der Waals surface area contributed by atoms with Crippen molar-refractivity contribution in [2.45, 2.75) is 37.9 Å². The van der Waals surface area contributed by atoms with Gasteiger partial charge in [0.25, 0.3) is 0 Å². The van der Waals surface area contributed by atoms with Gasteiger partial charge in [-0.25, -0.2) is 4.98 Å². The van der Waals surface area contributed by atoms with E-state index in [1.165, 1.54) is 6.42 Å². The van der Waals surface area contributed by atoms with E-state index in [9.17, 15) is 0 Å². The first-order chi connectivity index (χ1) is 6.34. The lowest BCUT2D eigenvalue weighted by Crippen LogP contribution is -2.28. The fourth-order valence-corrected chi connectivity index (χ4v) is 1.84. The number of hydrogen-bond donors (Lipinski definition) is 3. The molecule has 2 unspecified atom stereocenters. The number of hydrogen-bond acceptors (Lipinski definition) is 3. The van der Waals surface area contributed by atoms with Crippen LogP contribution in [0.2, 0.25) is 0 Å². The van der Waals surface area contributed by atoms with Crippen molar-refractivity contribution in [3.8, 4) is 0 Å². The van der Waals surface area contributed by atoms with Gasteiger partial charge in [0.2, 0.25) is 0 Å². The molecule has 0 bridgehead atoms. The van der Waals surface area contributed by atoms with E-state index >= 15 is 0 Å². The van der Waals surface area contributed by atoms with Gasteiger partial charge in [-0.2, -0.15) is 0 Å². The topological polar surface area (TPSA) is 66.7 Å². The van der Waals surface area contributed by atoms with Gasteiger partial charge in [0.15, 0.2) is 0 Å². The maximum absolute atomic E-state index is 5.81. The van der Waals surface area contributed by atoms with Gasteiger partial charge in [-0.05, 0) is 19.3 Å². The highest BCUT2D eigenvalue weighted by Gasteiger charge is 2.20. The largest absolute Gasteiger partial charge is 0.347 e. The van der Waals surface area contributed by atoms with Gasteiger partial charge in [-0.1, -0.05) is 0 Å². The zero-order chi connectivity index (χ0) is 9.10. The number of imidazole rings is 1. The summed E-state index contributed by atoms with van der Waals surface area (Å²) < 4.78 is 0. The van der Waals surface area contributed by atoms with Crippen LogP contribution in [0.15, 0.2) is 12.5 Å². The standard InChI is InChI=1S/C9H16N4/c10-7-1-2-8(3-7)12-5-9-4-11-6-13-9/h4,6-8,12H,1-3,5,10H2,(H,11,13). The Balaban J connectivity index is 1.74. The Labute approximate surface area is 77.9 Å². The Bertz CT molecular complexity index is 244. The van der Waals surface area contributed by atoms with Gasteiger partial charge in [0, 0.05) is 30.5 Å². The maximum Gasteiger partial charge on any atom is 0.0922 e. The average molecular weight is 180 g/mol. The van der Waals surface area contributed by atoms with E-state index in [1.807, 2.05) is 6.20 Å². The number of nitrogens with one attached hydrogen (secondary N) is 2. The van der Waals surface area contributed by atoms with E-state index in [0.29, 0.717) is 12.1 Å². The predicted octanol–water partition coefficient (Wildman–Crippen LogP) is 0.379. The molecule has 0 aliphatic heterocycles. The molecule has 4 nitrogen and oxygen atoms in total. The van der Waals surface area contributed by atoms with Crippen molar-refractivity contribution >= 4 is 0 Å². The van der Waals surface area contributed by atoms with E-state index in [4.69, 9.17) is 5.73 Å². The van der Waals surface area contributed by atoms with Crippen LogP contribution < -0.4 is 11.1 Å². The lowest BCUT2D eigenvalue weighted by Gasteiger charge is -2.10. The van der Waals surface area contributed by atoms with E-state index in [0.717, 1.165) is 25.1 Å². The van der Waals surface area contributed by atoms with Crippen LogP contribution in [-0.2, 0) is 6.54 Å². The van der Waals surface area contributed by atoms with Crippen LogP contribution >= 0.6 is 0 Å². The highest BCUT2D eigenvalue weighted by molar-refractivity contribution is 4.94. The van der Waals surface area contributed by atoms with Crippen LogP contribution in [0.3, 0.4) is 0 Å². The Morgan fingerprint density at radius 2 is 2.54 bits per heavy atom. The quantitative estimate of drug-likeness (QED) is 0.630. The maximum atomic E-state index is 5.81. The molecule has 1 fully saturated rings. The van der Waals surface area contributed by atoms with Gasteiger partial charge in [-0.3, -0.25) is 0 Å². The lowest BCUT2D eigenvalue weighted by atomic mass is 10.2. The van der Waals surface area contributed by atoms with E-state index < -0.39 is 0 Å². The number of nitrogens with zero attached hydrogens (tertiary/aromatic N) is 1. The van der Waals surface area contributed by atoms with Crippen LogP contribution in [0.25, 0.3) is 0 Å². The summed E-state index contributed by atoms with van der Waals surface area (Å²) in [6.45, 7) is 0.872. The smallest absolute Gasteiger partial charge is 0.0922 e. The van der Waals surface area contributed by atoms with Gasteiger partial charge in [0.05, 0.1) is 6.33 Å². The summed E-state index contributed by atoms with van der Waals surface area (Å²) in [5, 5.41) is 3.46. The third-order valence-electron chi connectivity index (χ3n) is 2.61. The zero-order valence-corrected chi connectivity index (χ0v) is 7.66. The summed E-state index contributed by atoms with van der Waals surface area (Å²) in [5.41, 5.74) is 6.95. The minimum absolute atomic E-state index is 0.402. The van der Waals surface area contributed by atoms with Crippen LogP contribution in [0, 0.1) is 0 Å². The predicted molar refractivity (Wildman–Crippen MR) is 51.0 cm³/mol. The Kier molecular flexibility index (Phi) is 2.61. The normalized spacial score (nSPS) is 28.1. The lowest BCUT2D eigenvalue weighted by molar-refractivity contribution is 0.513. The summed E-state index contributed by atoms with van der Waals surface area (Å²) in [7, 11) is 0. The summed E-state index contributed by atoms with van der Waals surface area (Å²) in [6.07, 6.45) is 7.02. The van der Waals surface area contributed by atoms with Crippen LogP contribution in [-0.4, -0.2) is 22.1 Å². The second-order valence-electron chi connectivity index (χ2n) is 3.73. The van der Waals surface area contributed by atoms with Crippen molar-refractivity contribution < 1.29 is 0 Å². The highest BCUT2D eigenvalue weighted by atomic mass is 15.0. The SMILES string of the molecule is NC1CCC(NCc2cnc[nH]2)C1. The molecule has 0 amide bonds. The van der Waals surface area contributed by atoms with Gasteiger partial charge < -0.3 is 16.0 Å². The fourth-order valence-electron chi connectivity index (χ4n) is 1.84. The number of H-pyrrole nitrogens is 1.